The van der Waals surface area contributed by atoms with Crippen LogP contribution in [-0.4, -0.2) is 11.2 Å². The molecule has 1 atom stereocenters. The monoisotopic (exact) mass is 286 g/mol. The highest BCUT2D eigenvalue weighted by molar-refractivity contribution is 5.43. The van der Waals surface area contributed by atoms with Crippen LogP contribution in [0.25, 0.3) is 0 Å². The van der Waals surface area contributed by atoms with E-state index in [1.807, 2.05) is 0 Å². The van der Waals surface area contributed by atoms with Gasteiger partial charge in [-0.2, -0.15) is 13.2 Å². The van der Waals surface area contributed by atoms with Crippen LogP contribution < -0.4 is 10.5 Å². The number of alkyl halides is 3. The third-order valence-electron chi connectivity index (χ3n) is 2.49. The Morgan fingerprint density at radius 2 is 1.95 bits per heavy atom. The van der Waals surface area contributed by atoms with Crippen LogP contribution in [0.15, 0.2) is 42.7 Å². The molecule has 0 aliphatic heterocycles. The van der Waals surface area contributed by atoms with Gasteiger partial charge in [0.1, 0.15) is 0 Å². The number of rotatable bonds is 3. The highest BCUT2D eigenvalue weighted by Gasteiger charge is 2.43. The SMILES string of the molecule is Nc1ccc(OC(c2cccnc2)C(F)(F)F)c(F)c1. The summed E-state index contributed by atoms with van der Waals surface area (Å²) >= 11 is 0. The molecule has 1 heterocycles. The van der Waals surface area contributed by atoms with E-state index in [4.69, 9.17) is 10.5 Å². The summed E-state index contributed by atoms with van der Waals surface area (Å²) in [4.78, 5) is 3.60. The number of nitrogen functional groups attached to an aromatic ring is 1. The summed E-state index contributed by atoms with van der Waals surface area (Å²) in [5, 5.41) is 0. The topological polar surface area (TPSA) is 48.1 Å². The number of aromatic nitrogens is 1. The maximum absolute atomic E-state index is 13.5. The van der Waals surface area contributed by atoms with Crippen molar-refractivity contribution in [3.8, 4) is 5.75 Å². The molecule has 0 saturated carbocycles. The van der Waals surface area contributed by atoms with Gasteiger partial charge in [0.15, 0.2) is 11.6 Å². The average molecular weight is 286 g/mol. The fraction of sp³-hybridized carbons (Fsp3) is 0.154. The normalized spacial score (nSPS) is 13.0. The lowest BCUT2D eigenvalue weighted by Crippen LogP contribution is -2.26. The molecule has 0 saturated heterocycles. The van der Waals surface area contributed by atoms with Gasteiger partial charge < -0.3 is 10.5 Å². The van der Waals surface area contributed by atoms with Gasteiger partial charge in [0.05, 0.1) is 0 Å². The second-order valence-corrected chi connectivity index (χ2v) is 4.02. The largest absolute Gasteiger partial charge is 0.473 e. The number of halogens is 4. The van der Waals surface area contributed by atoms with Gasteiger partial charge >= 0.3 is 6.18 Å². The predicted octanol–water partition coefficient (Wildman–Crippen LogP) is 3.49. The van der Waals surface area contributed by atoms with E-state index < -0.39 is 23.8 Å². The second kappa shape index (κ2) is 5.36. The van der Waals surface area contributed by atoms with Crippen molar-refractivity contribution < 1.29 is 22.3 Å². The molecule has 2 rings (SSSR count). The van der Waals surface area contributed by atoms with Crippen molar-refractivity contribution in [2.45, 2.75) is 12.3 Å². The third kappa shape index (κ3) is 3.17. The molecule has 0 aliphatic carbocycles. The van der Waals surface area contributed by atoms with Gasteiger partial charge in [-0.1, -0.05) is 6.07 Å². The van der Waals surface area contributed by atoms with Crippen molar-refractivity contribution >= 4 is 5.69 Å². The van der Waals surface area contributed by atoms with Gasteiger partial charge in [-0.3, -0.25) is 4.98 Å². The van der Waals surface area contributed by atoms with Crippen molar-refractivity contribution in [2.24, 2.45) is 0 Å². The quantitative estimate of drug-likeness (QED) is 0.694. The maximum Gasteiger partial charge on any atom is 0.429 e. The zero-order valence-electron chi connectivity index (χ0n) is 10.1. The van der Waals surface area contributed by atoms with Gasteiger partial charge in [-0.15, -0.1) is 0 Å². The molecule has 7 heteroatoms. The lowest BCUT2D eigenvalue weighted by Gasteiger charge is -2.22. The Bertz CT molecular complexity index is 587. The van der Waals surface area contributed by atoms with Crippen molar-refractivity contribution in [3.05, 3.63) is 54.1 Å². The van der Waals surface area contributed by atoms with Gasteiger partial charge in [0, 0.05) is 29.7 Å². The molecule has 0 aliphatic rings. The summed E-state index contributed by atoms with van der Waals surface area (Å²) in [6.07, 6.45) is -4.64. The van der Waals surface area contributed by atoms with Crippen LogP contribution in [0.4, 0.5) is 23.2 Å². The molecule has 20 heavy (non-hydrogen) atoms. The van der Waals surface area contributed by atoms with Crippen LogP contribution in [0, 0.1) is 5.82 Å². The Kier molecular flexibility index (Phi) is 3.78. The fourth-order valence-corrected chi connectivity index (χ4v) is 1.59. The highest BCUT2D eigenvalue weighted by atomic mass is 19.4. The van der Waals surface area contributed by atoms with Gasteiger partial charge in [0.25, 0.3) is 0 Å². The van der Waals surface area contributed by atoms with Crippen LogP contribution in [0.2, 0.25) is 0 Å². The highest BCUT2D eigenvalue weighted by Crippen LogP contribution is 2.37. The first-order valence-corrected chi connectivity index (χ1v) is 5.56. The Hall–Kier alpha value is -2.31. The molecule has 0 bridgehead atoms. The summed E-state index contributed by atoms with van der Waals surface area (Å²) in [5.74, 6) is -1.48. The van der Waals surface area contributed by atoms with Gasteiger partial charge in [-0.05, 0) is 18.2 Å². The number of anilines is 1. The Morgan fingerprint density at radius 3 is 2.50 bits per heavy atom. The third-order valence-corrected chi connectivity index (χ3v) is 2.49. The second-order valence-electron chi connectivity index (χ2n) is 4.02. The minimum absolute atomic E-state index is 0.0970. The zero-order chi connectivity index (χ0) is 14.8. The molecular weight excluding hydrogens is 276 g/mol. The molecule has 1 aromatic heterocycles. The van der Waals surface area contributed by atoms with Crippen LogP contribution >= 0.6 is 0 Å². The fourth-order valence-electron chi connectivity index (χ4n) is 1.59. The average Bonchev–Trinajstić information content (AvgIpc) is 2.37. The van der Waals surface area contributed by atoms with E-state index in [-0.39, 0.29) is 11.3 Å². The molecule has 3 nitrogen and oxygen atoms in total. The molecule has 0 spiro atoms. The zero-order valence-corrected chi connectivity index (χ0v) is 10.1. The number of hydrogen-bond donors (Lipinski definition) is 1. The van der Waals surface area contributed by atoms with Crippen molar-refractivity contribution in [3.63, 3.8) is 0 Å². The van der Waals surface area contributed by atoms with Crippen LogP contribution in [0.5, 0.6) is 5.75 Å². The summed E-state index contributed by atoms with van der Waals surface area (Å²) in [7, 11) is 0. The van der Waals surface area contributed by atoms with Crippen molar-refractivity contribution in [2.75, 3.05) is 5.73 Å². The number of pyridine rings is 1. The van der Waals surface area contributed by atoms with E-state index in [1.165, 1.54) is 24.4 Å². The van der Waals surface area contributed by atoms with Gasteiger partial charge in [0.2, 0.25) is 6.10 Å². The van der Waals surface area contributed by atoms with E-state index in [1.54, 1.807) is 0 Å². The standard InChI is InChI=1S/C13H10F4N2O/c14-10-6-9(18)3-4-11(10)20-12(13(15,16)17)8-2-1-5-19-7-8/h1-7,12H,18H2. The molecule has 2 aromatic rings. The summed E-state index contributed by atoms with van der Waals surface area (Å²) in [6, 6.07) is 5.76. The van der Waals surface area contributed by atoms with E-state index in [0.717, 1.165) is 18.3 Å². The molecule has 2 N–H and O–H groups in total. The molecule has 106 valence electrons. The maximum atomic E-state index is 13.5. The number of benzene rings is 1. The lowest BCUT2D eigenvalue weighted by atomic mass is 10.1. The minimum atomic E-state index is -4.70. The number of nitrogens with two attached hydrogens (primary N) is 1. The summed E-state index contributed by atoms with van der Waals surface area (Å²) in [5.41, 5.74) is 5.21. The van der Waals surface area contributed by atoms with Crippen LogP contribution in [0.3, 0.4) is 0 Å². The van der Waals surface area contributed by atoms with E-state index in [9.17, 15) is 17.6 Å². The molecular formula is C13H10F4N2O. The Morgan fingerprint density at radius 1 is 1.20 bits per heavy atom. The molecule has 0 fully saturated rings. The van der Waals surface area contributed by atoms with E-state index in [0.29, 0.717) is 0 Å². The first-order valence-electron chi connectivity index (χ1n) is 5.56. The minimum Gasteiger partial charge on any atom is -0.473 e. The predicted molar refractivity (Wildman–Crippen MR) is 64.5 cm³/mol. The smallest absolute Gasteiger partial charge is 0.429 e. The Labute approximate surface area is 112 Å². The van der Waals surface area contributed by atoms with E-state index >= 15 is 0 Å². The summed E-state index contributed by atoms with van der Waals surface area (Å²) in [6.45, 7) is 0. The van der Waals surface area contributed by atoms with Crippen LogP contribution in [0.1, 0.15) is 11.7 Å². The van der Waals surface area contributed by atoms with E-state index in [2.05, 4.69) is 4.98 Å². The first-order chi connectivity index (χ1) is 9.38. The lowest BCUT2D eigenvalue weighted by molar-refractivity contribution is -0.198. The van der Waals surface area contributed by atoms with Crippen LogP contribution in [-0.2, 0) is 0 Å². The first kappa shape index (κ1) is 14.1. The number of nitrogens with zero attached hydrogens (tertiary/aromatic N) is 1. The molecule has 0 amide bonds. The summed E-state index contributed by atoms with van der Waals surface area (Å²) < 4.78 is 57.3. The number of hydrogen-bond acceptors (Lipinski definition) is 3. The molecule has 0 radical (unpaired) electrons. The van der Waals surface area contributed by atoms with Crippen molar-refractivity contribution in [1.29, 1.82) is 0 Å². The van der Waals surface area contributed by atoms with Gasteiger partial charge in [-0.25, -0.2) is 4.39 Å². The molecule has 1 aromatic carbocycles. The molecule has 1 unspecified atom stereocenters. The Balaban J connectivity index is 2.34. The van der Waals surface area contributed by atoms with Crippen molar-refractivity contribution in [1.82, 2.24) is 4.98 Å². The number of ether oxygens (including phenoxy) is 1.